The number of nitrogens with two attached hydrogens (primary N) is 1. The van der Waals surface area contributed by atoms with Crippen molar-refractivity contribution in [2.24, 2.45) is 12.8 Å². The van der Waals surface area contributed by atoms with Crippen molar-refractivity contribution < 1.29 is 4.79 Å². The molecular weight excluding hydrogens is 216 g/mol. The summed E-state index contributed by atoms with van der Waals surface area (Å²) in [4.78, 5) is 11.5. The number of aryl methyl sites for hydroxylation is 2. The van der Waals surface area contributed by atoms with E-state index in [2.05, 4.69) is 17.3 Å². The maximum absolute atomic E-state index is 11.5. The second kappa shape index (κ2) is 6.39. The Morgan fingerprint density at radius 2 is 2.35 bits per heavy atom. The molecule has 1 unspecified atom stereocenters. The van der Waals surface area contributed by atoms with Gasteiger partial charge >= 0.3 is 0 Å². The summed E-state index contributed by atoms with van der Waals surface area (Å²) in [5.41, 5.74) is 7.73. The molecule has 1 atom stereocenters. The molecule has 1 amide bonds. The molecule has 17 heavy (non-hydrogen) atoms. The zero-order valence-electron chi connectivity index (χ0n) is 10.9. The summed E-state index contributed by atoms with van der Waals surface area (Å²) < 4.78 is 1.78. The maximum atomic E-state index is 11.5. The summed E-state index contributed by atoms with van der Waals surface area (Å²) in [6.07, 6.45) is 4.04. The van der Waals surface area contributed by atoms with E-state index in [4.69, 9.17) is 5.73 Å². The van der Waals surface area contributed by atoms with Crippen LogP contribution in [-0.4, -0.2) is 21.7 Å². The number of amides is 1. The molecule has 5 heteroatoms. The Hall–Kier alpha value is -1.36. The smallest absolute Gasteiger partial charge is 0.220 e. The molecule has 0 aliphatic carbocycles. The minimum absolute atomic E-state index is 0.0493. The highest BCUT2D eigenvalue weighted by molar-refractivity contribution is 5.75. The fourth-order valence-corrected chi connectivity index (χ4v) is 1.67. The van der Waals surface area contributed by atoms with Gasteiger partial charge in [-0.3, -0.25) is 9.48 Å². The normalized spacial score (nSPS) is 12.5. The summed E-state index contributed by atoms with van der Waals surface area (Å²) in [6.45, 7) is 4.52. The lowest BCUT2D eigenvalue weighted by Gasteiger charge is -2.06. The standard InChI is InChI=1S/C12H22N4O/c1-4-11-10(8-16(3)15-11)7-14-12(17)6-5-9(2)13/h8-9H,4-7,13H2,1-3H3,(H,14,17). The lowest BCUT2D eigenvalue weighted by molar-refractivity contribution is -0.121. The van der Waals surface area contributed by atoms with E-state index in [1.807, 2.05) is 20.2 Å². The molecule has 0 saturated heterocycles. The molecule has 1 aromatic rings. The quantitative estimate of drug-likeness (QED) is 0.767. The van der Waals surface area contributed by atoms with Gasteiger partial charge in [0, 0.05) is 37.8 Å². The fourth-order valence-electron chi connectivity index (χ4n) is 1.67. The molecule has 0 saturated carbocycles. The molecule has 0 aliphatic heterocycles. The van der Waals surface area contributed by atoms with Crippen LogP contribution in [0.3, 0.4) is 0 Å². The van der Waals surface area contributed by atoms with Crippen LogP contribution >= 0.6 is 0 Å². The predicted octanol–water partition coefficient (Wildman–Crippen LogP) is 0.726. The van der Waals surface area contributed by atoms with Gasteiger partial charge < -0.3 is 11.1 Å². The van der Waals surface area contributed by atoms with Crippen molar-refractivity contribution in [3.05, 3.63) is 17.5 Å². The van der Waals surface area contributed by atoms with Crippen LogP contribution in [0.4, 0.5) is 0 Å². The first-order chi connectivity index (χ1) is 8.02. The van der Waals surface area contributed by atoms with Crippen molar-refractivity contribution in [2.45, 2.75) is 45.7 Å². The van der Waals surface area contributed by atoms with Gasteiger partial charge in [0.15, 0.2) is 0 Å². The van der Waals surface area contributed by atoms with Crippen LogP contribution in [0.2, 0.25) is 0 Å². The Labute approximate surface area is 102 Å². The molecule has 0 radical (unpaired) electrons. The van der Waals surface area contributed by atoms with E-state index < -0.39 is 0 Å². The molecular formula is C12H22N4O. The van der Waals surface area contributed by atoms with Crippen LogP contribution in [0.5, 0.6) is 0 Å². The van der Waals surface area contributed by atoms with Gasteiger partial charge in [-0.15, -0.1) is 0 Å². The molecule has 96 valence electrons. The highest BCUT2D eigenvalue weighted by Gasteiger charge is 2.08. The van der Waals surface area contributed by atoms with Gasteiger partial charge in [0.05, 0.1) is 5.69 Å². The van der Waals surface area contributed by atoms with Gasteiger partial charge in [-0.05, 0) is 19.8 Å². The second-order valence-corrected chi connectivity index (χ2v) is 4.42. The number of nitrogens with one attached hydrogen (secondary N) is 1. The second-order valence-electron chi connectivity index (χ2n) is 4.42. The van der Waals surface area contributed by atoms with E-state index in [1.165, 1.54) is 0 Å². The first-order valence-electron chi connectivity index (χ1n) is 6.06. The Morgan fingerprint density at radius 1 is 1.65 bits per heavy atom. The number of hydrogen-bond acceptors (Lipinski definition) is 3. The molecule has 0 spiro atoms. The number of carbonyl (C=O) groups is 1. The number of rotatable bonds is 6. The van der Waals surface area contributed by atoms with Crippen molar-refractivity contribution in [1.29, 1.82) is 0 Å². The molecule has 0 aliphatic rings. The number of hydrogen-bond donors (Lipinski definition) is 2. The van der Waals surface area contributed by atoms with Crippen molar-refractivity contribution in [1.82, 2.24) is 15.1 Å². The summed E-state index contributed by atoms with van der Waals surface area (Å²) in [5, 5.41) is 7.22. The number of nitrogens with zero attached hydrogens (tertiary/aromatic N) is 2. The van der Waals surface area contributed by atoms with Crippen LogP contribution in [0, 0.1) is 0 Å². The first-order valence-corrected chi connectivity index (χ1v) is 6.06. The van der Waals surface area contributed by atoms with Crippen molar-refractivity contribution >= 4 is 5.91 Å². The summed E-state index contributed by atoms with van der Waals surface area (Å²) in [6, 6.07) is 0.0744. The summed E-state index contributed by atoms with van der Waals surface area (Å²) in [7, 11) is 1.89. The largest absolute Gasteiger partial charge is 0.352 e. The van der Waals surface area contributed by atoms with Crippen molar-refractivity contribution in [3.8, 4) is 0 Å². The van der Waals surface area contributed by atoms with Crippen LogP contribution in [0.15, 0.2) is 6.20 Å². The van der Waals surface area contributed by atoms with Crippen LogP contribution in [-0.2, 0) is 24.8 Å². The molecule has 0 fully saturated rings. The minimum atomic E-state index is 0.0493. The third-order valence-corrected chi connectivity index (χ3v) is 2.63. The summed E-state index contributed by atoms with van der Waals surface area (Å²) >= 11 is 0. The average Bonchev–Trinajstić information content (AvgIpc) is 2.64. The van der Waals surface area contributed by atoms with Crippen molar-refractivity contribution in [3.63, 3.8) is 0 Å². The van der Waals surface area contributed by atoms with Gasteiger partial charge in [-0.1, -0.05) is 6.92 Å². The van der Waals surface area contributed by atoms with Gasteiger partial charge in [0.25, 0.3) is 0 Å². The number of aromatic nitrogens is 2. The number of carbonyl (C=O) groups excluding carboxylic acids is 1. The van der Waals surface area contributed by atoms with Crippen LogP contribution in [0.25, 0.3) is 0 Å². The van der Waals surface area contributed by atoms with E-state index in [9.17, 15) is 4.79 Å². The molecule has 0 aromatic carbocycles. The van der Waals surface area contributed by atoms with Gasteiger partial charge in [-0.25, -0.2) is 0 Å². The molecule has 1 aromatic heterocycles. The maximum Gasteiger partial charge on any atom is 0.220 e. The summed E-state index contributed by atoms with van der Waals surface area (Å²) in [5.74, 6) is 0.0493. The molecule has 0 bridgehead atoms. The Bertz CT molecular complexity index is 371. The molecule has 3 N–H and O–H groups in total. The van der Waals surface area contributed by atoms with Gasteiger partial charge in [0.1, 0.15) is 0 Å². The molecule has 1 rings (SSSR count). The van der Waals surface area contributed by atoms with E-state index >= 15 is 0 Å². The van der Waals surface area contributed by atoms with Crippen LogP contribution in [0.1, 0.15) is 37.9 Å². The monoisotopic (exact) mass is 238 g/mol. The lowest BCUT2D eigenvalue weighted by atomic mass is 10.2. The Morgan fingerprint density at radius 3 is 2.94 bits per heavy atom. The van der Waals surface area contributed by atoms with Crippen LogP contribution < -0.4 is 11.1 Å². The zero-order valence-corrected chi connectivity index (χ0v) is 10.9. The molecule has 1 heterocycles. The zero-order chi connectivity index (χ0) is 12.8. The van der Waals surface area contributed by atoms with Crippen molar-refractivity contribution in [2.75, 3.05) is 0 Å². The van der Waals surface area contributed by atoms with E-state index in [1.54, 1.807) is 4.68 Å². The van der Waals surface area contributed by atoms with Gasteiger partial charge in [0.2, 0.25) is 5.91 Å². The highest BCUT2D eigenvalue weighted by atomic mass is 16.1. The topological polar surface area (TPSA) is 72.9 Å². The van der Waals surface area contributed by atoms with E-state index in [0.29, 0.717) is 13.0 Å². The predicted molar refractivity (Wildman–Crippen MR) is 67.3 cm³/mol. The van der Waals surface area contributed by atoms with E-state index in [0.717, 1.165) is 24.1 Å². The first kappa shape index (κ1) is 13.7. The average molecular weight is 238 g/mol. The SMILES string of the molecule is CCc1nn(C)cc1CNC(=O)CCC(C)N. The fraction of sp³-hybridized carbons (Fsp3) is 0.667. The Balaban J connectivity index is 2.41. The third-order valence-electron chi connectivity index (χ3n) is 2.63. The van der Waals surface area contributed by atoms with E-state index in [-0.39, 0.29) is 11.9 Å². The third kappa shape index (κ3) is 4.56. The molecule has 5 nitrogen and oxygen atoms in total. The highest BCUT2D eigenvalue weighted by Crippen LogP contribution is 2.06. The minimum Gasteiger partial charge on any atom is -0.352 e. The Kier molecular flexibility index (Phi) is 5.15. The van der Waals surface area contributed by atoms with Gasteiger partial charge in [-0.2, -0.15) is 5.10 Å². The lowest BCUT2D eigenvalue weighted by Crippen LogP contribution is -2.25.